The van der Waals surface area contributed by atoms with Gasteiger partial charge in [-0.25, -0.2) is 0 Å². The van der Waals surface area contributed by atoms with Crippen LogP contribution in [0.4, 0.5) is 5.69 Å². The standard InChI is InChI=1S/C20H28N2O4S/c1-14-6-8-22(9-7-14)19(24)11-26-20(25)13-27-12-18(23)21-17-5-4-15(2)10-16(17)3/h4-5,10,14H,6-9,11-13H2,1-3H3,(H,21,23). The molecule has 0 unspecified atom stereocenters. The molecule has 6 nitrogen and oxygen atoms in total. The number of aryl methyl sites for hydroxylation is 2. The molecule has 1 heterocycles. The number of likely N-dealkylation sites (tertiary alicyclic amines) is 1. The SMILES string of the molecule is Cc1ccc(NC(=O)CSCC(=O)OCC(=O)N2CCC(C)CC2)c(C)c1. The summed E-state index contributed by atoms with van der Waals surface area (Å²) in [5.41, 5.74) is 2.91. The van der Waals surface area contributed by atoms with Crippen LogP contribution in [0.1, 0.15) is 30.9 Å². The first-order valence-corrected chi connectivity index (χ1v) is 10.4. The summed E-state index contributed by atoms with van der Waals surface area (Å²) in [6.45, 7) is 7.34. The third-order valence-electron chi connectivity index (χ3n) is 4.60. The number of ether oxygens (including phenoxy) is 1. The van der Waals surface area contributed by atoms with Crippen LogP contribution in [0.5, 0.6) is 0 Å². The second-order valence-electron chi connectivity index (χ2n) is 7.08. The average molecular weight is 393 g/mol. The molecule has 2 rings (SSSR count). The number of esters is 1. The maximum atomic E-state index is 12.0. The lowest BCUT2D eigenvalue weighted by molar-refractivity contribution is -0.150. The minimum Gasteiger partial charge on any atom is -0.455 e. The van der Waals surface area contributed by atoms with E-state index in [4.69, 9.17) is 4.74 Å². The number of nitrogens with zero attached hydrogens (tertiary/aromatic N) is 1. The maximum absolute atomic E-state index is 12.0. The Morgan fingerprint density at radius 3 is 2.56 bits per heavy atom. The van der Waals surface area contributed by atoms with Crippen molar-refractivity contribution in [2.45, 2.75) is 33.6 Å². The van der Waals surface area contributed by atoms with Gasteiger partial charge in [-0.2, -0.15) is 0 Å². The Morgan fingerprint density at radius 2 is 1.89 bits per heavy atom. The highest BCUT2D eigenvalue weighted by Crippen LogP contribution is 2.17. The van der Waals surface area contributed by atoms with E-state index in [2.05, 4.69) is 12.2 Å². The summed E-state index contributed by atoms with van der Waals surface area (Å²) in [7, 11) is 0. The lowest BCUT2D eigenvalue weighted by atomic mass is 9.99. The minimum atomic E-state index is -0.474. The lowest BCUT2D eigenvalue weighted by Gasteiger charge is -2.30. The first-order chi connectivity index (χ1) is 12.8. The van der Waals surface area contributed by atoms with E-state index in [0.29, 0.717) is 5.92 Å². The minimum absolute atomic E-state index is 0.0462. The first kappa shape index (κ1) is 21.3. The lowest BCUT2D eigenvalue weighted by Crippen LogP contribution is -2.40. The van der Waals surface area contributed by atoms with Crippen LogP contribution in [0, 0.1) is 19.8 Å². The second-order valence-corrected chi connectivity index (χ2v) is 8.07. The third kappa shape index (κ3) is 7.25. The average Bonchev–Trinajstić information content (AvgIpc) is 2.62. The Bertz CT molecular complexity index is 685. The summed E-state index contributed by atoms with van der Waals surface area (Å²) >= 11 is 1.17. The number of thioether (sulfide) groups is 1. The van der Waals surface area contributed by atoms with E-state index in [-0.39, 0.29) is 29.9 Å². The van der Waals surface area contributed by atoms with Crippen molar-refractivity contribution in [2.75, 3.05) is 36.5 Å². The number of anilines is 1. The van der Waals surface area contributed by atoms with Crippen molar-refractivity contribution in [3.05, 3.63) is 29.3 Å². The van der Waals surface area contributed by atoms with Crippen molar-refractivity contribution < 1.29 is 19.1 Å². The molecule has 0 spiro atoms. The monoisotopic (exact) mass is 392 g/mol. The van der Waals surface area contributed by atoms with Crippen molar-refractivity contribution >= 4 is 35.2 Å². The molecule has 0 atom stereocenters. The molecule has 1 saturated heterocycles. The molecule has 0 saturated carbocycles. The summed E-state index contributed by atoms with van der Waals surface area (Å²) in [5, 5.41) is 2.84. The van der Waals surface area contributed by atoms with E-state index in [1.54, 1.807) is 4.90 Å². The first-order valence-electron chi connectivity index (χ1n) is 9.23. The van der Waals surface area contributed by atoms with E-state index >= 15 is 0 Å². The van der Waals surface area contributed by atoms with Crippen LogP contribution in [0.2, 0.25) is 0 Å². The van der Waals surface area contributed by atoms with Crippen molar-refractivity contribution in [2.24, 2.45) is 5.92 Å². The quantitative estimate of drug-likeness (QED) is 0.722. The molecule has 1 aromatic rings. The van der Waals surface area contributed by atoms with Crippen LogP contribution < -0.4 is 5.32 Å². The number of hydrogen-bond acceptors (Lipinski definition) is 5. The number of benzene rings is 1. The molecule has 1 N–H and O–H groups in total. The number of rotatable bonds is 7. The highest BCUT2D eigenvalue weighted by atomic mass is 32.2. The van der Waals surface area contributed by atoms with Crippen LogP contribution >= 0.6 is 11.8 Å². The number of nitrogens with one attached hydrogen (secondary N) is 1. The van der Waals surface area contributed by atoms with E-state index in [1.807, 2.05) is 32.0 Å². The fraction of sp³-hybridized carbons (Fsp3) is 0.550. The van der Waals surface area contributed by atoms with Crippen molar-refractivity contribution in [3.63, 3.8) is 0 Å². The van der Waals surface area contributed by atoms with Crippen LogP contribution in [0.25, 0.3) is 0 Å². The summed E-state index contributed by atoms with van der Waals surface area (Å²) in [5.74, 6) is 0.0531. The van der Waals surface area contributed by atoms with Gasteiger partial charge in [-0.05, 0) is 44.2 Å². The van der Waals surface area contributed by atoms with Gasteiger partial charge in [-0.15, -0.1) is 11.8 Å². The zero-order valence-corrected chi connectivity index (χ0v) is 17.1. The number of carbonyl (C=O) groups excluding carboxylic acids is 3. The molecule has 7 heteroatoms. The Balaban J connectivity index is 1.62. The molecule has 0 bridgehead atoms. The molecule has 0 radical (unpaired) electrons. The predicted molar refractivity (Wildman–Crippen MR) is 108 cm³/mol. The van der Waals surface area contributed by atoms with Crippen LogP contribution in [-0.4, -0.2) is 53.9 Å². The molecule has 1 aromatic carbocycles. The molecular weight excluding hydrogens is 364 g/mol. The van der Waals surface area contributed by atoms with E-state index in [0.717, 1.165) is 42.7 Å². The Hall–Kier alpha value is -2.02. The van der Waals surface area contributed by atoms with Crippen molar-refractivity contribution in [3.8, 4) is 0 Å². The molecule has 1 fully saturated rings. The number of carbonyl (C=O) groups is 3. The van der Waals surface area contributed by atoms with Gasteiger partial charge in [-0.3, -0.25) is 14.4 Å². The topological polar surface area (TPSA) is 75.7 Å². The van der Waals surface area contributed by atoms with Gasteiger partial charge in [0.25, 0.3) is 5.91 Å². The molecule has 27 heavy (non-hydrogen) atoms. The summed E-state index contributed by atoms with van der Waals surface area (Å²) in [6, 6.07) is 5.81. The molecular formula is C20H28N2O4S. The molecule has 148 valence electrons. The Labute approximate surface area is 165 Å². The molecule has 1 aliphatic rings. The van der Waals surface area contributed by atoms with E-state index in [9.17, 15) is 14.4 Å². The van der Waals surface area contributed by atoms with Gasteiger partial charge in [-0.1, -0.05) is 24.6 Å². The fourth-order valence-electron chi connectivity index (χ4n) is 2.90. The van der Waals surface area contributed by atoms with E-state index < -0.39 is 5.97 Å². The predicted octanol–water partition coefficient (Wildman–Crippen LogP) is 2.78. The highest BCUT2D eigenvalue weighted by molar-refractivity contribution is 8.00. The fourth-order valence-corrected chi connectivity index (χ4v) is 3.51. The molecule has 0 aliphatic carbocycles. The van der Waals surface area contributed by atoms with Gasteiger partial charge in [0.2, 0.25) is 5.91 Å². The number of amides is 2. The normalized spacial score (nSPS) is 14.7. The summed E-state index contributed by atoms with van der Waals surface area (Å²) in [6.07, 6.45) is 1.98. The smallest absolute Gasteiger partial charge is 0.316 e. The van der Waals surface area contributed by atoms with Crippen molar-refractivity contribution in [1.29, 1.82) is 0 Å². The Morgan fingerprint density at radius 1 is 1.19 bits per heavy atom. The van der Waals surface area contributed by atoms with Crippen LogP contribution in [0.15, 0.2) is 18.2 Å². The zero-order chi connectivity index (χ0) is 19.8. The molecule has 0 aromatic heterocycles. The van der Waals surface area contributed by atoms with E-state index in [1.165, 1.54) is 11.8 Å². The largest absolute Gasteiger partial charge is 0.455 e. The summed E-state index contributed by atoms with van der Waals surface area (Å²) in [4.78, 5) is 37.5. The maximum Gasteiger partial charge on any atom is 0.316 e. The van der Waals surface area contributed by atoms with Crippen LogP contribution in [-0.2, 0) is 19.1 Å². The van der Waals surface area contributed by atoms with Gasteiger partial charge < -0.3 is 15.0 Å². The molecule has 1 aliphatic heterocycles. The Kier molecular flexibility index (Phi) is 8.16. The van der Waals surface area contributed by atoms with Gasteiger partial charge in [0, 0.05) is 18.8 Å². The van der Waals surface area contributed by atoms with Gasteiger partial charge in [0.15, 0.2) is 6.61 Å². The third-order valence-corrected chi connectivity index (χ3v) is 5.51. The van der Waals surface area contributed by atoms with Crippen molar-refractivity contribution in [1.82, 2.24) is 4.90 Å². The second kappa shape index (κ2) is 10.3. The highest BCUT2D eigenvalue weighted by Gasteiger charge is 2.21. The van der Waals surface area contributed by atoms with Gasteiger partial charge in [0.1, 0.15) is 0 Å². The number of hydrogen-bond donors (Lipinski definition) is 1. The molecule has 2 amide bonds. The zero-order valence-electron chi connectivity index (χ0n) is 16.2. The van der Waals surface area contributed by atoms with Gasteiger partial charge in [0.05, 0.1) is 11.5 Å². The van der Waals surface area contributed by atoms with Gasteiger partial charge >= 0.3 is 5.97 Å². The summed E-state index contributed by atoms with van der Waals surface area (Å²) < 4.78 is 5.03. The number of piperidine rings is 1. The van der Waals surface area contributed by atoms with Crippen LogP contribution in [0.3, 0.4) is 0 Å².